The molecule has 0 aliphatic carbocycles. The van der Waals surface area contributed by atoms with Crippen LogP contribution in [0.5, 0.6) is 0 Å². The van der Waals surface area contributed by atoms with Crippen LogP contribution in [-0.2, 0) is 4.74 Å². The van der Waals surface area contributed by atoms with Crippen molar-refractivity contribution in [2.75, 3.05) is 11.9 Å². The van der Waals surface area contributed by atoms with Crippen molar-refractivity contribution in [3.8, 4) is 0 Å². The molecule has 1 rings (SSSR count). The Morgan fingerprint density at radius 1 is 1.44 bits per heavy atom. The van der Waals surface area contributed by atoms with E-state index in [-0.39, 0.29) is 11.5 Å². The van der Waals surface area contributed by atoms with Gasteiger partial charge in [0.1, 0.15) is 0 Å². The van der Waals surface area contributed by atoms with Gasteiger partial charge in [0.15, 0.2) is 0 Å². The summed E-state index contributed by atoms with van der Waals surface area (Å²) in [5, 5.41) is 11.3. The molecule has 18 heavy (non-hydrogen) atoms. The number of hydrogen-bond acceptors (Lipinski definition) is 3. The van der Waals surface area contributed by atoms with E-state index in [4.69, 9.17) is 9.84 Å². The van der Waals surface area contributed by atoms with Crippen molar-refractivity contribution in [3.63, 3.8) is 0 Å². The Bertz CT molecular complexity index is 459. The van der Waals surface area contributed by atoms with E-state index in [2.05, 4.69) is 21.2 Å². The number of benzene rings is 1. The summed E-state index contributed by atoms with van der Waals surface area (Å²) < 4.78 is 5.44. The standard InChI is InChI=1S/C12H14BrNO4/c1-7(2)6-18-12(17)14-10-4-3-8(11(15)16)5-9(10)13/h3-5,7H,6H2,1-2H3,(H,14,17)(H,15,16). The van der Waals surface area contributed by atoms with Crippen molar-refractivity contribution in [2.45, 2.75) is 13.8 Å². The van der Waals surface area contributed by atoms with E-state index in [1.165, 1.54) is 18.2 Å². The molecule has 0 saturated heterocycles. The van der Waals surface area contributed by atoms with Crippen molar-refractivity contribution in [1.29, 1.82) is 0 Å². The summed E-state index contributed by atoms with van der Waals surface area (Å²) in [5.41, 5.74) is 0.608. The third kappa shape index (κ3) is 4.37. The topological polar surface area (TPSA) is 75.6 Å². The van der Waals surface area contributed by atoms with Gasteiger partial charge < -0.3 is 9.84 Å². The number of halogens is 1. The molecule has 1 aromatic rings. The Hall–Kier alpha value is -1.56. The minimum absolute atomic E-state index is 0.142. The number of ether oxygens (including phenoxy) is 1. The van der Waals surface area contributed by atoms with Crippen LogP contribution in [0.2, 0.25) is 0 Å². The molecule has 0 spiro atoms. The number of nitrogens with one attached hydrogen (secondary N) is 1. The molecule has 0 unspecified atom stereocenters. The van der Waals surface area contributed by atoms with Crippen LogP contribution in [0, 0.1) is 5.92 Å². The lowest BCUT2D eigenvalue weighted by Crippen LogP contribution is -2.17. The van der Waals surface area contributed by atoms with Gasteiger partial charge in [-0.25, -0.2) is 9.59 Å². The molecule has 0 heterocycles. The molecular weight excluding hydrogens is 302 g/mol. The number of carbonyl (C=O) groups is 2. The van der Waals surface area contributed by atoms with Crippen molar-refractivity contribution in [1.82, 2.24) is 0 Å². The average Bonchev–Trinajstić information content (AvgIpc) is 2.29. The Labute approximate surface area is 113 Å². The van der Waals surface area contributed by atoms with Gasteiger partial charge in [0.2, 0.25) is 0 Å². The summed E-state index contributed by atoms with van der Waals surface area (Å²) in [6.07, 6.45) is -0.563. The van der Waals surface area contributed by atoms with Crippen LogP contribution < -0.4 is 5.32 Å². The highest BCUT2D eigenvalue weighted by molar-refractivity contribution is 9.10. The Balaban J connectivity index is 2.68. The maximum atomic E-state index is 11.4. The first kappa shape index (κ1) is 14.5. The number of rotatable bonds is 4. The average molecular weight is 316 g/mol. The smallest absolute Gasteiger partial charge is 0.411 e. The third-order valence-electron chi connectivity index (χ3n) is 2.00. The van der Waals surface area contributed by atoms with E-state index in [1.807, 2.05) is 13.8 Å². The van der Waals surface area contributed by atoms with E-state index in [0.29, 0.717) is 16.8 Å². The summed E-state index contributed by atoms with van der Waals surface area (Å²) in [6, 6.07) is 4.33. The molecule has 0 atom stereocenters. The summed E-state index contributed by atoms with van der Waals surface area (Å²) in [4.78, 5) is 22.1. The molecule has 5 nitrogen and oxygen atoms in total. The van der Waals surface area contributed by atoms with Crippen LogP contribution in [0.3, 0.4) is 0 Å². The van der Waals surface area contributed by atoms with Crippen molar-refractivity contribution in [2.24, 2.45) is 5.92 Å². The number of hydrogen-bond donors (Lipinski definition) is 2. The second-order valence-corrected chi connectivity index (χ2v) is 4.97. The highest BCUT2D eigenvalue weighted by atomic mass is 79.9. The first-order valence-corrected chi connectivity index (χ1v) is 6.16. The normalized spacial score (nSPS) is 10.2. The Morgan fingerprint density at radius 3 is 2.61 bits per heavy atom. The minimum atomic E-state index is -1.02. The molecule has 98 valence electrons. The van der Waals surface area contributed by atoms with Gasteiger partial charge >= 0.3 is 12.1 Å². The summed E-state index contributed by atoms with van der Waals surface area (Å²) in [6.45, 7) is 4.20. The Kier molecular flexibility index (Phi) is 5.15. The van der Waals surface area contributed by atoms with Gasteiger partial charge in [-0.2, -0.15) is 0 Å². The lowest BCUT2D eigenvalue weighted by atomic mass is 10.2. The SMILES string of the molecule is CC(C)COC(=O)Nc1ccc(C(=O)O)cc1Br. The van der Waals surface area contributed by atoms with Crippen molar-refractivity contribution < 1.29 is 19.4 Å². The van der Waals surface area contributed by atoms with Crippen LogP contribution in [0.4, 0.5) is 10.5 Å². The molecule has 1 amide bonds. The highest BCUT2D eigenvalue weighted by Crippen LogP contribution is 2.23. The zero-order valence-corrected chi connectivity index (χ0v) is 11.7. The summed E-state index contributed by atoms with van der Waals surface area (Å²) in [7, 11) is 0. The van der Waals surface area contributed by atoms with Gasteiger partial charge in [-0.3, -0.25) is 5.32 Å². The zero-order chi connectivity index (χ0) is 13.7. The van der Waals surface area contributed by atoms with Crippen LogP contribution in [0.25, 0.3) is 0 Å². The molecule has 1 aromatic carbocycles. The van der Waals surface area contributed by atoms with Gasteiger partial charge in [-0.1, -0.05) is 13.8 Å². The number of carboxylic acids is 1. The second kappa shape index (κ2) is 6.39. The molecule has 2 N–H and O–H groups in total. The zero-order valence-electron chi connectivity index (χ0n) is 10.1. The van der Waals surface area contributed by atoms with Crippen LogP contribution >= 0.6 is 15.9 Å². The maximum Gasteiger partial charge on any atom is 0.411 e. The molecule has 0 radical (unpaired) electrons. The molecular formula is C12H14BrNO4. The largest absolute Gasteiger partial charge is 0.478 e. The van der Waals surface area contributed by atoms with Gasteiger partial charge in [0.25, 0.3) is 0 Å². The number of aromatic carboxylic acids is 1. The molecule has 0 fully saturated rings. The van der Waals surface area contributed by atoms with E-state index in [0.717, 1.165) is 0 Å². The van der Waals surface area contributed by atoms with Gasteiger partial charge in [-0.15, -0.1) is 0 Å². The first-order valence-electron chi connectivity index (χ1n) is 5.36. The molecule has 0 saturated carbocycles. The minimum Gasteiger partial charge on any atom is -0.478 e. The van der Waals surface area contributed by atoms with E-state index in [1.54, 1.807) is 0 Å². The van der Waals surface area contributed by atoms with Crippen LogP contribution in [0.15, 0.2) is 22.7 Å². The summed E-state index contributed by atoms with van der Waals surface area (Å²) in [5.74, 6) is -0.766. The van der Waals surface area contributed by atoms with E-state index < -0.39 is 12.1 Å². The van der Waals surface area contributed by atoms with E-state index >= 15 is 0 Å². The molecule has 6 heteroatoms. The predicted molar refractivity (Wildman–Crippen MR) is 70.9 cm³/mol. The number of amides is 1. The molecule has 0 aromatic heterocycles. The van der Waals surface area contributed by atoms with E-state index in [9.17, 15) is 9.59 Å². The fraction of sp³-hybridized carbons (Fsp3) is 0.333. The molecule has 0 aliphatic rings. The van der Waals surface area contributed by atoms with Crippen molar-refractivity contribution in [3.05, 3.63) is 28.2 Å². The monoisotopic (exact) mass is 315 g/mol. The molecule has 0 bridgehead atoms. The first-order chi connectivity index (χ1) is 8.40. The predicted octanol–water partition coefficient (Wildman–Crippen LogP) is 3.35. The number of carbonyl (C=O) groups excluding carboxylic acids is 1. The lowest BCUT2D eigenvalue weighted by molar-refractivity contribution is 0.0697. The van der Waals surface area contributed by atoms with Gasteiger partial charge in [-0.05, 0) is 40.0 Å². The fourth-order valence-corrected chi connectivity index (χ4v) is 1.62. The Morgan fingerprint density at radius 2 is 2.11 bits per heavy atom. The fourth-order valence-electron chi connectivity index (χ4n) is 1.14. The second-order valence-electron chi connectivity index (χ2n) is 4.12. The molecule has 0 aliphatic heterocycles. The van der Waals surface area contributed by atoms with Crippen LogP contribution in [-0.4, -0.2) is 23.8 Å². The third-order valence-corrected chi connectivity index (χ3v) is 2.66. The summed E-state index contributed by atoms with van der Waals surface area (Å²) >= 11 is 3.19. The quantitative estimate of drug-likeness (QED) is 0.893. The highest BCUT2D eigenvalue weighted by Gasteiger charge is 2.10. The number of anilines is 1. The van der Waals surface area contributed by atoms with Crippen LogP contribution in [0.1, 0.15) is 24.2 Å². The number of carboxylic acid groups (broad SMARTS) is 1. The van der Waals surface area contributed by atoms with Crippen molar-refractivity contribution >= 4 is 33.7 Å². The van der Waals surface area contributed by atoms with Gasteiger partial charge in [0, 0.05) is 4.47 Å². The maximum absolute atomic E-state index is 11.4. The lowest BCUT2D eigenvalue weighted by Gasteiger charge is -2.10. The van der Waals surface area contributed by atoms with Gasteiger partial charge in [0.05, 0.1) is 17.9 Å².